The molecule has 0 aliphatic rings. The monoisotopic (exact) mass is 416 g/mol. The van der Waals surface area contributed by atoms with Crippen LogP contribution in [0.4, 0.5) is 0 Å². The van der Waals surface area contributed by atoms with Gasteiger partial charge in [0.2, 0.25) is 0 Å². The lowest BCUT2D eigenvalue weighted by Crippen LogP contribution is -2.22. The van der Waals surface area contributed by atoms with Crippen molar-refractivity contribution < 1.29 is 0 Å². The molecular weight excluding hydrogens is 400 g/mol. The molecule has 0 radical (unpaired) electrons. The van der Waals surface area contributed by atoms with Crippen molar-refractivity contribution in [3.05, 3.63) is 105 Å². The van der Waals surface area contributed by atoms with Gasteiger partial charge in [-0.2, -0.15) is 0 Å². The Morgan fingerprint density at radius 2 is 1.70 bits per heavy atom. The van der Waals surface area contributed by atoms with Gasteiger partial charge in [-0.3, -0.25) is 9.36 Å². The molecule has 0 saturated carbocycles. The van der Waals surface area contributed by atoms with E-state index in [0.29, 0.717) is 16.7 Å². The molecule has 0 N–H and O–H groups in total. The van der Waals surface area contributed by atoms with Crippen molar-refractivity contribution in [1.82, 2.24) is 9.55 Å². The molecule has 0 bridgehead atoms. The Kier molecular flexibility index (Phi) is 4.73. The van der Waals surface area contributed by atoms with Crippen LogP contribution in [0.2, 0.25) is 0 Å². The van der Waals surface area contributed by atoms with Crippen molar-refractivity contribution in [1.29, 1.82) is 0 Å². The summed E-state index contributed by atoms with van der Waals surface area (Å²) in [5.74, 6) is 0.600. The molecule has 0 fully saturated rings. The number of halogens is 1. The molecule has 1 aromatic heterocycles. The fraction of sp³-hybridized carbons (Fsp3) is 0.0435. The van der Waals surface area contributed by atoms with Crippen LogP contribution >= 0.6 is 15.9 Å². The van der Waals surface area contributed by atoms with Crippen molar-refractivity contribution >= 4 is 39.0 Å². The van der Waals surface area contributed by atoms with Crippen LogP contribution in [-0.2, 0) is 0 Å². The van der Waals surface area contributed by atoms with Gasteiger partial charge < -0.3 is 0 Å². The molecule has 0 atom stereocenters. The number of rotatable bonds is 3. The highest BCUT2D eigenvalue weighted by Crippen LogP contribution is 2.17. The molecule has 132 valence electrons. The van der Waals surface area contributed by atoms with Gasteiger partial charge >= 0.3 is 0 Å². The van der Waals surface area contributed by atoms with Crippen LogP contribution in [0.25, 0.3) is 28.7 Å². The molecule has 0 spiro atoms. The van der Waals surface area contributed by atoms with Crippen molar-refractivity contribution in [2.45, 2.75) is 6.92 Å². The highest BCUT2D eigenvalue weighted by molar-refractivity contribution is 9.10. The van der Waals surface area contributed by atoms with E-state index < -0.39 is 0 Å². The van der Waals surface area contributed by atoms with Gasteiger partial charge in [0.05, 0.1) is 16.6 Å². The minimum Gasteiger partial charge on any atom is -0.268 e. The summed E-state index contributed by atoms with van der Waals surface area (Å²) in [5.41, 5.74) is 3.60. The Morgan fingerprint density at radius 3 is 2.48 bits per heavy atom. The first kappa shape index (κ1) is 17.4. The van der Waals surface area contributed by atoms with E-state index in [9.17, 15) is 4.79 Å². The highest BCUT2D eigenvalue weighted by atomic mass is 79.9. The van der Waals surface area contributed by atoms with E-state index in [4.69, 9.17) is 4.98 Å². The molecule has 0 amide bonds. The summed E-state index contributed by atoms with van der Waals surface area (Å²) in [5, 5.41) is 0.609. The van der Waals surface area contributed by atoms with E-state index in [-0.39, 0.29) is 5.56 Å². The van der Waals surface area contributed by atoms with E-state index in [2.05, 4.69) is 15.9 Å². The second kappa shape index (κ2) is 7.33. The third-order valence-corrected chi connectivity index (χ3v) is 4.86. The lowest BCUT2D eigenvalue weighted by atomic mass is 10.2. The van der Waals surface area contributed by atoms with Gasteiger partial charge in [0.15, 0.2) is 0 Å². The summed E-state index contributed by atoms with van der Waals surface area (Å²) >= 11 is 3.49. The van der Waals surface area contributed by atoms with Crippen LogP contribution in [0, 0.1) is 6.92 Å². The maximum absolute atomic E-state index is 13.2. The van der Waals surface area contributed by atoms with Crippen LogP contribution in [0.1, 0.15) is 17.0 Å². The summed E-state index contributed by atoms with van der Waals surface area (Å²) in [6.45, 7) is 2.03. The smallest absolute Gasteiger partial charge is 0.266 e. The maximum atomic E-state index is 13.2. The minimum atomic E-state index is -0.0710. The minimum absolute atomic E-state index is 0.0710. The van der Waals surface area contributed by atoms with Gasteiger partial charge in [-0.1, -0.05) is 64.0 Å². The number of nitrogens with zero attached hydrogens (tertiary/aromatic N) is 2. The van der Waals surface area contributed by atoms with Crippen molar-refractivity contribution in [3.8, 4) is 5.69 Å². The summed E-state index contributed by atoms with van der Waals surface area (Å²) in [6.07, 6.45) is 3.85. The topological polar surface area (TPSA) is 34.9 Å². The molecule has 4 aromatic rings. The Labute approximate surface area is 165 Å². The highest BCUT2D eigenvalue weighted by Gasteiger charge is 2.10. The van der Waals surface area contributed by atoms with E-state index in [1.165, 1.54) is 0 Å². The lowest BCUT2D eigenvalue weighted by Gasteiger charge is -2.11. The number of hydrogen-bond donors (Lipinski definition) is 0. The molecule has 4 rings (SSSR count). The summed E-state index contributed by atoms with van der Waals surface area (Å²) in [4.78, 5) is 17.9. The third kappa shape index (κ3) is 3.62. The molecule has 0 unspecified atom stereocenters. The molecule has 0 aliphatic carbocycles. The fourth-order valence-corrected chi connectivity index (χ4v) is 3.40. The molecule has 3 nitrogen and oxygen atoms in total. The number of aromatic nitrogens is 2. The summed E-state index contributed by atoms with van der Waals surface area (Å²) < 4.78 is 2.67. The first-order valence-electron chi connectivity index (χ1n) is 8.64. The van der Waals surface area contributed by atoms with Crippen molar-refractivity contribution in [2.75, 3.05) is 0 Å². The number of para-hydroxylation sites is 1. The lowest BCUT2D eigenvalue weighted by molar-refractivity contribution is 0.943. The van der Waals surface area contributed by atoms with Crippen LogP contribution in [-0.4, -0.2) is 9.55 Å². The third-order valence-electron chi connectivity index (χ3n) is 4.37. The van der Waals surface area contributed by atoms with Gasteiger partial charge in [-0.05, 0) is 55.0 Å². The molecule has 1 heterocycles. The van der Waals surface area contributed by atoms with E-state index in [0.717, 1.165) is 21.3 Å². The Morgan fingerprint density at radius 1 is 0.926 bits per heavy atom. The molecule has 27 heavy (non-hydrogen) atoms. The Bertz CT molecular complexity index is 1210. The van der Waals surface area contributed by atoms with Gasteiger partial charge in [0.25, 0.3) is 5.56 Å². The van der Waals surface area contributed by atoms with Crippen molar-refractivity contribution in [3.63, 3.8) is 0 Å². The van der Waals surface area contributed by atoms with Crippen LogP contribution in [0.15, 0.2) is 82.1 Å². The van der Waals surface area contributed by atoms with Gasteiger partial charge in [-0.25, -0.2) is 4.98 Å². The maximum Gasteiger partial charge on any atom is 0.266 e. The van der Waals surface area contributed by atoms with Gasteiger partial charge in [0, 0.05) is 4.47 Å². The zero-order valence-electron chi connectivity index (χ0n) is 14.8. The first-order chi connectivity index (χ1) is 13.1. The SMILES string of the molecule is Cc1ccc(-n2c(/C=C/c3cccc(Br)c3)nc3ccccc3c2=O)cc1. The number of fused-ring (bicyclic) bond motifs is 1. The predicted molar refractivity (Wildman–Crippen MR) is 115 cm³/mol. The average molecular weight is 417 g/mol. The average Bonchev–Trinajstić information content (AvgIpc) is 2.68. The van der Waals surface area contributed by atoms with Gasteiger partial charge in [-0.15, -0.1) is 0 Å². The van der Waals surface area contributed by atoms with E-state index in [1.54, 1.807) is 4.57 Å². The zero-order valence-corrected chi connectivity index (χ0v) is 16.3. The molecule has 0 saturated heterocycles. The quantitative estimate of drug-likeness (QED) is 0.433. The zero-order chi connectivity index (χ0) is 18.8. The standard InChI is InChI=1S/C23H17BrN2O/c1-16-9-12-19(13-10-16)26-22(14-11-17-5-4-6-18(24)15-17)25-21-8-3-2-7-20(21)23(26)27/h2-15H,1H3/b14-11+. The van der Waals surface area contributed by atoms with Crippen LogP contribution in [0.3, 0.4) is 0 Å². The molecular formula is C23H17BrN2O. The second-order valence-corrected chi connectivity index (χ2v) is 7.27. The number of hydrogen-bond acceptors (Lipinski definition) is 2. The molecule has 4 heteroatoms. The number of benzene rings is 3. The Hall–Kier alpha value is -2.98. The molecule has 0 aliphatic heterocycles. The fourth-order valence-electron chi connectivity index (χ4n) is 2.99. The summed E-state index contributed by atoms with van der Waals surface area (Å²) in [6, 6.07) is 23.3. The predicted octanol–water partition coefficient (Wildman–Crippen LogP) is 5.63. The van der Waals surface area contributed by atoms with E-state index >= 15 is 0 Å². The normalized spacial score (nSPS) is 11.3. The second-order valence-electron chi connectivity index (χ2n) is 6.35. The van der Waals surface area contributed by atoms with E-state index in [1.807, 2.05) is 91.9 Å². The van der Waals surface area contributed by atoms with Crippen LogP contribution < -0.4 is 5.56 Å². The number of aryl methyl sites for hydroxylation is 1. The van der Waals surface area contributed by atoms with Gasteiger partial charge in [0.1, 0.15) is 5.82 Å². The first-order valence-corrected chi connectivity index (χ1v) is 9.43. The summed E-state index contributed by atoms with van der Waals surface area (Å²) in [7, 11) is 0. The largest absolute Gasteiger partial charge is 0.268 e. The molecule has 3 aromatic carbocycles. The van der Waals surface area contributed by atoms with Crippen LogP contribution in [0.5, 0.6) is 0 Å². The van der Waals surface area contributed by atoms with Crippen molar-refractivity contribution in [2.24, 2.45) is 0 Å². The Balaban J connectivity index is 1.93.